The van der Waals surface area contributed by atoms with Crippen molar-refractivity contribution in [1.29, 1.82) is 0 Å². The van der Waals surface area contributed by atoms with E-state index in [0.717, 1.165) is 11.1 Å². The maximum Gasteiger partial charge on any atom is 0.215 e. The van der Waals surface area contributed by atoms with E-state index in [1.165, 1.54) is 0 Å². The summed E-state index contributed by atoms with van der Waals surface area (Å²) in [6, 6.07) is 5.24. The van der Waals surface area contributed by atoms with Gasteiger partial charge in [0.05, 0.1) is 13.2 Å². The summed E-state index contributed by atoms with van der Waals surface area (Å²) >= 11 is 0. The lowest BCUT2D eigenvalue weighted by Gasteiger charge is -2.07. The summed E-state index contributed by atoms with van der Waals surface area (Å²) in [6.45, 7) is 4.08. The van der Waals surface area contributed by atoms with Gasteiger partial charge < -0.3 is 21.3 Å². The van der Waals surface area contributed by atoms with E-state index < -0.39 is 0 Å². The molecule has 0 fully saturated rings. The van der Waals surface area contributed by atoms with Gasteiger partial charge in [0.25, 0.3) is 0 Å². The van der Waals surface area contributed by atoms with Gasteiger partial charge in [-0.15, -0.1) is 0 Å². The molecule has 1 aromatic carbocycles. The van der Waals surface area contributed by atoms with Crippen molar-refractivity contribution < 1.29 is 9.84 Å². The number of nitrogens with two attached hydrogens (primary N) is 2. The van der Waals surface area contributed by atoms with Gasteiger partial charge in [0.15, 0.2) is 0 Å². The van der Waals surface area contributed by atoms with E-state index in [9.17, 15) is 0 Å². The SMILES string of the molecule is C=C1OC(=NCCO)C=C1c1cc(N)ccc1N. The Kier molecular flexibility index (Phi) is 3.34. The van der Waals surface area contributed by atoms with Gasteiger partial charge in [-0.2, -0.15) is 0 Å². The number of aliphatic hydroxyl groups is 1. The van der Waals surface area contributed by atoms with Crippen LogP contribution in [0, 0.1) is 0 Å². The van der Waals surface area contributed by atoms with E-state index >= 15 is 0 Å². The quantitative estimate of drug-likeness (QED) is 0.697. The Hall–Kier alpha value is -2.27. The highest BCUT2D eigenvalue weighted by molar-refractivity contribution is 6.06. The summed E-state index contributed by atoms with van der Waals surface area (Å²) in [5.41, 5.74) is 14.4. The Morgan fingerprint density at radius 1 is 1.33 bits per heavy atom. The molecule has 5 heteroatoms. The third kappa shape index (κ3) is 2.36. The van der Waals surface area contributed by atoms with Crippen LogP contribution in [0.15, 0.2) is 41.6 Å². The molecule has 0 saturated carbocycles. The first-order valence-electron chi connectivity index (χ1n) is 5.51. The van der Waals surface area contributed by atoms with Crippen LogP contribution in [0.3, 0.4) is 0 Å². The van der Waals surface area contributed by atoms with Crippen molar-refractivity contribution in [3.63, 3.8) is 0 Å². The van der Waals surface area contributed by atoms with E-state index in [0.29, 0.717) is 29.6 Å². The monoisotopic (exact) mass is 245 g/mol. The molecule has 1 heterocycles. The van der Waals surface area contributed by atoms with Crippen LogP contribution in [0.25, 0.3) is 5.57 Å². The molecule has 0 aromatic heterocycles. The number of nitrogen functional groups attached to an aromatic ring is 2. The Bertz CT molecular complexity index is 547. The number of rotatable bonds is 3. The highest BCUT2D eigenvalue weighted by atomic mass is 16.5. The Balaban J connectivity index is 2.38. The molecule has 0 amide bonds. The number of hydrogen-bond donors (Lipinski definition) is 3. The van der Waals surface area contributed by atoms with Gasteiger partial charge in [0.2, 0.25) is 5.90 Å². The molecule has 0 radical (unpaired) electrons. The van der Waals surface area contributed by atoms with Gasteiger partial charge in [0.1, 0.15) is 5.76 Å². The largest absolute Gasteiger partial charge is 0.439 e. The fourth-order valence-corrected chi connectivity index (χ4v) is 1.69. The molecular formula is C13H15N3O2. The van der Waals surface area contributed by atoms with E-state index in [1.807, 2.05) is 0 Å². The van der Waals surface area contributed by atoms with Gasteiger partial charge in [-0.05, 0) is 18.2 Å². The van der Waals surface area contributed by atoms with Crippen molar-refractivity contribution in [1.82, 2.24) is 0 Å². The number of hydrogen-bond acceptors (Lipinski definition) is 5. The van der Waals surface area contributed by atoms with Crippen molar-refractivity contribution in [2.75, 3.05) is 24.6 Å². The fourth-order valence-electron chi connectivity index (χ4n) is 1.69. The predicted octanol–water partition coefficient (Wildman–Crippen LogP) is 1.17. The molecule has 0 bridgehead atoms. The zero-order valence-electron chi connectivity index (χ0n) is 9.89. The average molecular weight is 245 g/mol. The number of aliphatic hydroxyl groups excluding tert-OH is 1. The molecule has 0 atom stereocenters. The second-order valence-corrected chi connectivity index (χ2v) is 3.87. The maximum atomic E-state index is 8.71. The Labute approximate surface area is 105 Å². The van der Waals surface area contributed by atoms with Crippen LogP contribution >= 0.6 is 0 Å². The molecule has 0 unspecified atom stereocenters. The first-order valence-corrected chi connectivity index (χ1v) is 5.51. The average Bonchev–Trinajstić information content (AvgIpc) is 2.71. The van der Waals surface area contributed by atoms with Crippen LogP contribution in [-0.4, -0.2) is 24.2 Å². The normalized spacial score (nSPS) is 16.8. The molecule has 94 valence electrons. The minimum atomic E-state index is -0.0249. The van der Waals surface area contributed by atoms with Crippen LogP contribution in [-0.2, 0) is 4.74 Å². The molecular weight excluding hydrogens is 230 g/mol. The highest BCUT2D eigenvalue weighted by Crippen LogP contribution is 2.33. The Morgan fingerprint density at radius 3 is 2.83 bits per heavy atom. The lowest BCUT2D eigenvalue weighted by atomic mass is 10.0. The predicted molar refractivity (Wildman–Crippen MR) is 72.9 cm³/mol. The third-order valence-corrected chi connectivity index (χ3v) is 2.53. The van der Waals surface area contributed by atoms with E-state index in [1.54, 1.807) is 24.3 Å². The number of benzene rings is 1. The van der Waals surface area contributed by atoms with Gasteiger partial charge >= 0.3 is 0 Å². The van der Waals surface area contributed by atoms with E-state index in [2.05, 4.69) is 11.6 Å². The zero-order valence-corrected chi connectivity index (χ0v) is 9.89. The summed E-state index contributed by atoms with van der Waals surface area (Å²) in [5.74, 6) is 0.898. The van der Waals surface area contributed by atoms with Crippen LogP contribution in [0.5, 0.6) is 0 Å². The highest BCUT2D eigenvalue weighted by Gasteiger charge is 2.20. The molecule has 5 N–H and O–H groups in total. The standard InChI is InChI=1S/C13H15N3O2/c1-8-10(7-13(18-8)16-4-5-17)11-6-9(14)2-3-12(11)15/h2-3,6-7,17H,1,4-5,14-15H2. The van der Waals surface area contributed by atoms with Crippen LogP contribution < -0.4 is 11.5 Å². The number of allylic oxidation sites excluding steroid dienone is 1. The van der Waals surface area contributed by atoms with Crippen LogP contribution in [0.1, 0.15) is 5.56 Å². The molecule has 2 rings (SSSR count). The zero-order chi connectivity index (χ0) is 13.1. The second kappa shape index (κ2) is 4.93. The number of anilines is 2. The Morgan fingerprint density at radius 2 is 2.11 bits per heavy atom. The van der Waals surface area contributed by atoms with Crippen molar-refractivity contribution in [3.8, 4) is 0 Å². The first kappa shape index (κ1) is 12.2. The van der Waals surface area contributed by atoms with Gasteiger partial charge in [-0.1, -0.05) is 6.58 Å². The summed E-state index contributed by atoms with van der Waals surface area (Å²) in [6.07, 6.45) is 1.74. The molecule has 1 aromatic rings. The van der Waals surface area contributed by atoms with E-state index in [4.69, 9.17) is 21.3 Å². The second-order valence-electron chi connectivity index (χ2n) is 3.87. The fraction of sp³-hybridized carbons (Fsp3) is 0.154. The third-order valence-electron chi connectivity index (χ3n) is 2.53. The molecule has 0 aliphatic carbocycles. The molecule has 1 aliphatic heterocycles. The van der Waals surface area contributed by atoms with Crippen molar-refractivity contribution in [2.45, 2.75) is 0 Å². The molecule has 5 nitrogen and oxygen atoms in total. The van der Waals surface area contributed by atoms with Crippen molar-refractivity contribution in [2.24, 2.45) is 4.99 Å². The molecule has 0 spiro atoms. The summed E-state index contributed by atoms with van der Waals surface area (Å²) in [5, 5.41) is 8.71. The topological polar surface area (TPSA) is 93.9 Å². The van der Waals surface area contributed by atoms with E-state index in [-0.39, 0.29) is 6.61 Å². The summed E-state index contributed by atoms with van der Waals surface area (Å²) in [4.78, 5) is 4.06. The lowest BCUT2D eigenvalue weighted by molar-refractivity contribution is 0.305. The van der Waals surface area contributed by atoms with Crippen LogP contribution in [0.4, 0.5) is 11.4 Å². The van der Waals surface area contributed by atoms with Gasteiger partial charge in [-0.25, -0.2) is 4.99 Å². The van der Waals surface area contributed by atoms with Crippen molar-refractivity contribution >= 4 is 22.8 Å². The number of ether oxygens (including phenoxy) is 1. The number of aliphatic imine (C=N–C) groups is 1. The van der Waals surface area contributed by atoms with Gasteiger partial charge in [-0.3, -0.25) is 0 Å². The molecule has 0 saturated heterocycles. The summed E-state index contributed by atoms with van der Waals surface area (Å²) in [7, 11) is 0. The first-order chi connectivity index (χ1) is 8.61. The van der Waals surface area contributed by atoms with Crippen molar-refractivity contribution in [3.05, 3.63) is 42.2 Å². The molecule has 18 heavy (non-hydrogen) atoms. The van der Waals surface area contributed by atoms with Gasteiger partial charge in [0, 0.05) is 28.6 Å². The van der Waals surface area contributed by atoms with Crippen LogP contribution in [0.2, 0.25) is 0 Å². The minimum Gasteiger partial charge on any atom is -0.439 e. The minimum absolute atomic E-state index is 0.0249. The number of nitrogens with zero attached hydrogens (tertiary/aromatic N) is 1. The maximum absolute atomic E-state index is 8.71. The smallest absolute Gasteiger partial charge is 0.215 e. The lowest BCUT2D eigenvalue weighted by Crippen LogP contribution is -1.97. The summed E-state index contributed by atoms with van der Waals surface area (Å²) < 4.78 is 5.38. The molecule has 1 aliphatic rings.